The van der Waals surface area contributed by atoms with Gasteiger partial charge in [0, 0.05) is 34.0 Å². The molecule has 1 atom stereocenters. The molecule has 1 aliphatic rings. The van der Waals surface area contributed by atoms with E-state index in [1.54, 1.807) is 4.90 Å². The van der Waals surface area contributed by atoms with E-state index in [1.165, 1.54) is 0 Å². The SMILES string of the molecule is O=C(OCCl)N1CCc2c([nH]c3ccc(Cl)cc23)C1c1ccc(OCCCCl)cc1. The highest BCUT2D eigenvalue weighted by Crippen LogP contribution is 2.39. The van der Waals surface area contributed by atoms with Crippen LogP contribution in [0.5, 0.6) is 5.75 Å². The first-order chi connectivity index (χ1) is 14.6. The molecule has 30 heavy (non-hydrogen) atoms. The van der Waals surface area contributed by atoms with Gasteiger partial charge in [0.15, 0.2) is 6.07 Å². The number of aromatic nitrogens is 1. The fourth-order valence-corrected chi connectivity index (χ4v) is 4.30. The van der Waals surface area contributed by atoms with Crippen molar-refractivity contribution >= 4 is 51.8 Å². The monoisotopic (exact) mass is 466 g/mol. The lowest BCUT2D eigenvalue weighted by Gasteiger charge is -2.35. The number of benzene rings is 2. The van der Waals surface area contributed by atoms with Gasteiger partial charge in [0.25, 0.3) is 0 Å². The van der Waals surface area contributed by atoms with Gasteiger partial charge < -0.3 is 14.5 Å². The standard InChI is InChI=1S/C22H21Cl3N2O3/c23-9-1-11-29-16-5-2-14(3-6-16)21-20-17(8-10-27(21)22(28)30-13-24)18-12-15(25)4-7-19(18)26-20/h2-7,12,21,26H,1,8-11,13H2. The molecule has 0 aliphatic carbocycles. The van der Waals surface area contributed by atoms with E-state index in [9.17, 15) is 4.79 Å². The van der Waals surface area contributed by atoms with Gasteiger partial charge in [-0.25, -0.2) is 4.79 Å². The fourth-order valence-electron chi connectivity index (χ4n) is 3.92. The largest absolute Gasteiger partial charge is 0.494 e. The van der Waals surface area contributed by atoms with Gasteiger partial charge in [-0.15, -0.1) is 11.6 Å². The van der Waals surface area contributed by atoms with Crippen molar-refractivity contribution in [3.8, 4) is 5.75 Å². The number of nitrogens with zero attached hydrogens (tertiary/aromatic N) is 1. The molecule has 8 heteroatoms. The molecule has 1 N–H and O–H groups in total. The first-order valence-electron chi connectivity index (χ1n) is 9.70. The summed E-state index contributed by atoms with van der Waals surface area (Å²) >= 11 is 17.6. The summed E-state index contributed by atoms with van der Waals surface area (Å²) in [5, 5.41) is 1.76. The highest BCUT2D eigenvalue weighted by molar-refractivity contribution is 6.31. The maximum atomic E-state index is 12.6. The number of fused-ring (bicyclic) bond motifs is 3. The highest BCUT2D eigenvalue weighted by Gasteiger charge is 2.35. The Morgan fingerprint density at radius 3 is 2.70 bits per heavy atom. The van der Waals surface area contributed by atoms with Crippen LogP contribution in [0, 0.1) is 0 Å². The van der Waals surface area contributed by atoms with E-state index in [0.29, 0.717) is 30.5 Å². The average molecular weight is 468 g/mol. The Labute approximate surface area is 189 Å². The van der Waals surface area contributed by atoms with Crippen LogP contribution >= 0.6 is 34.8 Å². The maximum Gasteiger partial charge on any atom is 0.411 e. The van der Waals surface area contributed by atoms with Crippen LogP contribution < -0.4 is 4.74 Å². The van der Waals surface area contributed by atoms with Crippen molar-refractivity contribution < 1.29 is 14.3 Å². The number of hydrogen-bond donors (Lipinski definition) is 1. The van der Waals surface area contributed by atoms with E-state index in [2.05, 4.69) is 4.98 Å². The van der Waals surface area contributed by atoms with Crippen molar-refractivity contribution in [2.45, 2.75) is 18.9 Å². The molecule has 0 saturated heterocycles. The van der Waals surface area contributed by atoms with Gasteiger partial charge in [0.1, 0.15) is 11.8 Å². The lowest BCUT2D eigenvalue weighted by Crippen LogP contribution is -2.40. The van der Waals surface area contributed by atoms with Gasteiger partial charge in [-0.05, 0) is 54.3 Å². The summed E-state index contributed by atoms with van der Waals surface area (Å²) in [6.45, 7) is 1.08. The van der Waals surface area contributed by atoms with Crippen molar-refractivity contribution in [3.63, 3.8) is 0 Å². The van der Waals surface area contributed by atoms with Gasteiger partial charge in [-0.1, -0.05) is 35.3 Å². The van der Waals surface area contributed by atoms with Crippen LogP contribution in [0.1, 0.15) is 29.3 Å². The summed E-state index contributed by atoms with van der Waals surface area (Å²) in [5.74, 6) is 1.32. The van der Waals surface area contributed by atoms with Crippen molar-refractivity contribution in [3.05, 3.63) is 64.3 Å². The number of amides is 1. The first kappa shape index (κ1) is 21.2. The molecular weight excluding hydrogens is 447 g/mol. The fraction of sp³-hybridized carbons (Fsp3) is 0.318. The molecule has 0 fully saturated rings. The lowest BCUT2D eigenvalue weighted by atomic mass is 9.92. The van der Waals surface area contributed by atoms with E-state index in [-0.39, 0.29) is 12.1 Å². The van der Waals surface area contributed by atoms with Gasteiger partial charge in [0.2, 0.25) is 0 Å². The van der Waals surface area contributed by atoms with E-state index >= 15 is 0 Å². The Morgan fingerprint density at radius 1 is 1.17 bits per heavy atom. The zero-order valence-corrected chi connectivity index (χ0v) is 18.4. The molecule has 2 heterocycles. The van der Waals surface area contributed by atoms with Crippen LogP contribution in [0.4, 0.5) is 4.79 Å². The van der Waals surface area contributed by atoms with E-state index in [1.807, 2.05) is 42.5 Å². The molecule has 4 rings (SSSR count). The molecular formula is C22H21Cl3N2O3. The molecule has 2 aromatic carbocycles. The van der Waals surface area contributed by atoms with Gasteiger partial charge >= 0.3 is 6.09 Å². The van der Waals surface area contributed by atoms with Crippen LogP contribution in [0.3, 0.4) is 0 Å². The summed E-state index contributed by atoms with van der Waals surface area (Å²) in [4.78, 5) is 17.8. The van der Waals surface area contributed by atoms with Crippen molar-refractivity contribution in [1.29, 1.82) is 0 Å². The zero-order valence-electron chi connectivity index (χ0n) is 16.2. The summed E-state index contributed by atoms with van der Waals surface area (Å²) in [7, 11) is 0. The van der Waals surface area contributed by atoms with Crippen LogP contribution in [-0.2, 0) is 11.2 Å². The van der Waals surface area contributed by atoms with E-state index in [0.717, 1.165) is 39.9 Å². The molecule has 3 aromatic rings. The van der Waals surface area contributed by atoms with Crippen LogP contribution in [-0.4, -0.2) is 41.1 Å². The molecule has 5 nitrogen and oxygen atoms in total. The summed E-state index contributed by atoms with van der Waals surface area (Å²) in [5.41, 5.74) is 4.06. The number of carbonyl (C=O) groups is 1. The third-order valence-corrected chi connectivity index (χ3v) is 5.86. The lowest BCUT2D eigenvalue weighted by molar-refractivity contribution is 0.103. The normalized spacial score (nSPS) is 15.8. The molecule has 0 spiro atoms. The van der Waals surface area contributed by atoms with Gasteiger partial charge in [0.05, 0.1) is 6.61 Å². The highest BCUT2D eigenvalue weighted by atomic mass is 35.5. The molecule has 1 aliphatic heterocycles. The van der Waals surface area contributed by atoms with Crippen LogP contribution in [0.25, 0.3) is 10.9 Å². The molecule has 158 valence electrons. The molecule has 1 amide bonds. The first-order valence-corrected chi connectivity index (χ1v) is 11.1. The van der Waals surface area contributed by atoms with E-state index in [4.69, 9.17) is 44.3 Å². The maximum absolute atomic E-state index is 12.6. The predicted molar refractivity (Wildman–Crippen MR) is 120 cm³/mol. The molecule has 1 unspecified atom stereocenters. The number of alkyl halides is 2. The zero-order chi connectivity index (χ0) is 21.1. The Morgan fingerprint density at radius 2 is 1.97 bits per heavy atom. The minimum absolute atomic E-state index is 0.190. The number of H-pyrrole nitrogens is 1. The Hall–Kier alpha value is -2.08. The quantitative estimate of drug-likeness (QED) is 0.351. The number of aromatic amines is 1. The topological polar surface area (TPSA) is 54.6 Å². The minimum Gasteiger partial charge on any atom is -0.494 e. The summed E-state index contributed by atoms with van der Waals surface area (Å²) in [6.07, 6.45) is 1.04. The smallest absolute Gasteiger partial charge is 0.411 e. The Bertz CT molecular complexity index is 1040. The third-order valence-electron chi connectivity index (χ3n) is 5.24. The predicted octanol–water partition coefficient (Wildman–Crippen LogP) is 6.11. The van der Waals surface area contributed by atoms with E-state index < -0.39 is 6.09 Å². The second-order valence-electron chi connectivity index (χ2n) is 7.03. The van der Waals surface area contributed by atoms with Crippen LogP contribution in [0.2, 0.25) is 5.02 Å². The molecule has 0 saturated carbocycles. The summed E-state index contributed by atoms with van der Waals surface area (Å²) in [6, 6.07) is 13.0. The number of ether oxygens (including phenoxy) is 2. The summed E-state index contributed by atoms with van der Waals surface area (Å²) < 4.78 is 10.8. The molecule has 0 radical (unpaired) electrons. The average Bonchev–Trinajstić information content (AvgIpc) is 3.12. The Kier molecular flexibility index (Phi) is 6.61. The van der Waals surface area contributed by atoms with Crippen molar-refractivity contribution in [2.24, 2.45) is 0 Å². The second-order valence-corrected chi connectivity index (χ2v) is 8.07. The number of hydrogen-bond acceptors (Lipinski definition) is 3. The number of carbonyl (C=O) groups excluding carboxylic acids is 1. The van der Waals surface area contributed by atoms with Crippen molar-refractivity contribution in [2.75, 3.05) is 25.1 Å². The molecule has 1 aromatic heterocycles. The third kappa shape index (κ3) is 4.20. The Balaban J connectivity index is 1.73. The molecule has 0 bridgehead atoms. The van der Waals surface area contributed by atoms with Gasteiger partial charge in [-0.2, -0.15) is 0 Å². The number of nitrogens with one attached hydrogen (secondary N) is 1. The van der Waals surface area contributed by atoms with Crippen molar-refractivity contribution in [1.82, 2.24) is 9.88 Å². The van der Waals surface area contributed by atoms with Gasteiger partial charge in [-0.3, -0.25) is 4.90 Å². The number of rotatable bonds is 6. The number of halogens is 3. The second kappa shape index (κ2) is 9.38. The van der Waals surface area contributed by atoms with Crippen LogP contribution in [0.15, 0.2) is 42.5 Å². The minimum atomic E-state index is -0.445.